The van der Waals surface area contributed by atoms with Gasteiger partial charge in [-0.15, -0.1) is 0 Å². The summed E-state index contributed by atoms with van der Waals surface area (Å²) in [5.74, 6) is -0.638. The molecule has 1 aromatic carbocycles. The molecule has 0 amide bonds. The van der Waals surface area contributed by atoms with Gasteiger partial charge in [0, 0.05) is 11.1 Å². The van der Waals surface area contributed by atoms with Crippen LogP contribution < -0.4 is 0 Å². The number of carbonyl (C=O) groups is 1. The molecule has 0 spiro atoms. The highest BCUT2D eigenvalue weighted by Gasteiger charge is 2.14. The molecule has 0 atom stereocenters. The lowest BCUT2D eigenvalue weighted by molar-refractivity contribution is 0.0699. The van der Waals surface area contributed by atoms with E-state index in [1.165, 1.54) is 0 Å². The molecule has 0 aliphatic heterocycles. The van der Waals surface area contributed by atoms with Crippen LogP contribution >= 0.6 is 0 Å². The Bertz CT molecular complexity index is 514. The molecule has 0 fully saturated rings. The van der Waals surface area contributed by atoms with Gasteiger partial charge in [0.05, 0.1) is 5.56 Å². The van der Waals surface area contributed by atoms with Crippen molar-refractivity contribution >= 4 is 16.9 Å². The van der Waals surface area contributed by atoms with Crippen molar-refractivity contribution in [3.63, 3.8) is 0 Å². The molecule has 4 nitrogen and oxygen atoms in total. The smallest absolute Gasteiger partial charge is 0.337 e. The lowest BCUT2D eigenvalue weighted by Gasteiger charge is -2.01. The highest BCUT2D eigenvalue weighted by Crippen LogP contribution is 2.24. The van der Waals surface area contributed by atoms with E-state index in [2.05, 4.69) is 10.2 Å². The molecule has 2 rings (SSSR count). The van der Waals surface area contributed by atoms with Crippen LogP contribution in [0.4, 0.5) is 0 Å². The normalized spacial score (nSPS) is 11.1. The summed E-state index contributed by atoms with van der Waals surface area (Å²) >= 11 is 0. The maximum absolute atomic E-state index is 10.9. The number of nitrogens with one attached hydrogen (secondary N) is 1. The van der Waals surface area contributed by atoms with E-state index < -0.39 is 5.97 Å². The van der Waals surface area contributed by atoms with Gasteiger partial charge in [-0.05, 0) is 12.0 Å². The molecular weight excluding hydrogens is 192 g/mol. The van der Waals surface area contributed by atoms with Gasteiger partial charge >= 0.3 is 5.97 Å². The summed E-state index contributed by atoms with van der Waals surface area (Å²) in [7, 11) is 0. The molecule has 0 aliphatic rings. The SMILES string of the molecule is CC(C)c1[nH]nc2c(C(=O)O)cccc12. The van der Waals surface area contributed by atoms with Gasteiger partial charge in [0.25, 0.3) is 0 Å². The Morgan fingerprint density at radius 1 is 1.47 bits per heavy atom. The standard InChI is InChI=1S/C11H12N2O2/c1-6(2)9-7-4-3-5-8(11(14)15)10(7)13-12-9/h3-6H,1-2H3,(H,12,13)(H,14,15). The Kier molecular flexibility index (Phi) is 2.19. The Morgan fingerprint density at radius 3 is 2.80 bits per heavy atom. The molecular formula is C11H12N2O2. The molecule has 0 unspecified atom stereocenters. The zero-order valence-corrected chi connectivity index (χ0v) is 8.61. The van der Waals surface area contributed by atoms with Crippen molar-refractivity contribution in [2.24, 2.45) is 0 Å². The van der Waals surface area contributed by atoms with E-state index in [1.54, 1.807) is 12.1 Å². The van der Waals surface area contributed by atoms with Crippen LogP contribution in [0.5, 0.6) is 0 Å². The van der Waals surface area contributed by atoms with E-state index in [-0.39, 0.29) is 5.56 Å². The molecule has 0 radical (unpaired) electrons. The largest absolute Gasteiger partial charge is 0.478 e. The summed E-state index contributed by atoms with van der Waals surface area (Å²) in [6.45, 7) is 4.08. The lowest BCUT2D eigenvalue weighted by atomic mass is 10.0. The Balaban J connectivity index is 2.74. The molecule has 0 bridgehead atoms. The van der Waals surface area contributed by atoms with Crippen LogP contribution in [0.25, 0.3) is 10.9 Å². The number of aromatic amines is 1. The number of nitrogens with zero attached hydrogens (tertiary/aromatic N) is 1. The summed E-state index contributed by atoms with van der Waals surface area (Å²) in [6.07, 6.45) is 0. The predicted octanol–water partition coefficient (Wildman–Crippen LogP) is 2.38. The summed E-state index contributed by atoms with van der Waals surface area (Å²) in [5.41, 5.74) is 1.76. The number of hydrogen-bond donors (Lipinski definition) is 2. The Hall–Kier alpha value is -1.84. The number of carboxylic acid groups (broad SMARTS) is 1. The molecule has 0 aliphatic carbocycles. The first-order chi connectivity index (χ1) is 7.11. The van der Waals surface area contributed by atoms with Crippen molar-refractivity contribution in [3.8, 4) is 0 Å². The molecule has 0 saturated heterocycles. The minimum atomic E-state index is -0.942. The third-order valence-electron chi connectivity index (χ3n) is 2.42. The first-order valence-corrected chi connectivity index (χ1v) is 4.81. The van der Waals surface area contributed by atoms with Crippen LogP contribution in [-0.4, -0.2) is 21.3 Å². The topological polar surface area (TPSA) is 66.0 Å². The number of benzene rings is 1. The Morgan fingerprint density at radius 2 is 2.20 bits per heavy atom. The van der Waals surface area contributed by atoms with Crippen LogP contribution in [-0.2, 0) is 0 Å². The van der Waals surface area contributed by atoms with Crippen molar-refractivity contribution in [2.45, 2.75) is 19.8 Å². The highest BCUT2D eigenvalue weighted by molar-refractivity contribution is 6.02. The summed E-state index contributed by atoms with van der Waals surface area (Å²) in [5, 5.41) is 16.8. The van der Waals surface area contributed by atoms with Gasteiger partial charge in [0.15, 0.2) is 0 Å². The van der Waals surface area contributed by atoms with Crippen molar-refractivity contribution < 1.29 is 9.90 Å². The lowest BCUT2D eigenvalue weighted by Crippen LogP contribution is -1.96. The second kappa shape index (κ2) is 3.38. The quantitative estimate of drug-likeness (QED) is 0.789. The van der Waals surface area contributed by atoms with Crippen molar-refractivity contribution in [2.75, 3.05) is 0 Å². The summed E-state index contributed by atoms with van der Waals surface area (Å²) in [4.78, 5) is 10.9. The van der Waals surface area contributed by atoms with Crippen LogP contribution in [0.3, 0.4) is 0 Å². The maximum atomic E-state index is 10.9. The number of hydrogen-bond acceptors (Lipinski definition) is 2. The third-order valence-corrected chi connectivity index (χ3v) is 2.42. The van der Waals surface area contributed by atoms with Crippen LogP contribution in [0.1, 0.15) is 35.8 Å². The fourth-order valence-corrected chi connectivity index (χ4v) is 1.67. The zero-order chi connectivity index (χ0) is 11.0. The van der Waals surface area contributed by atoms with Gasteiger partial charge in [-0.2, -0.15) is 5.10 Å². The van der Waals surface area contributed by atoms with E-state index in [0.717, 1.165) is 11.1 Å². The first kappa shape index (κ1) is 9.71. The van der Waals surface area contributed by atoms with Crippen LogP contribution in [0, 0.1) is 0 Å². The van der Waals surface area contributed by atoms with E-state index in [1.807, 2.05) is 19.9 Å². The number of para-hydroxylation sites is 1. The molecule has 78 valence electrons. The van der Waals surface area contributed by atoms with Gasteiger partial charge in [0.2, 0.25) is 0 Å². The first-order valence-electron chi connectivity index (χ1n) is 4.81. The zero-order valence-electron chi connectivity index (χ0n) is 8.61. The van der Waals surface area contributed by atoms with Gasteiger partial charge in [-0.3, -0.25) is 5.10 Å². The minimum Gasteiger partial charge on any atom is -0.478 e. The van der Waals surface area contributed by atoms with Gasteiger partial charge in [-0.1, -0.05) is 26.0 Å². The highest BCUT2D eigenvalue weighted by atomic mass is 16.4. The molecule has 2 aromatic rings. The van der Waals surface area contributed by atoms with E-state index in [0.29, 0.717) is 11.4 Å². The van der Waals surface area contributed by atoms with E-state index in [9.17, 15) is 4.79 Å². The number of rotatable bonds is 2. The monoisotopic (exact) mass is 204 g/mol. The molecule has 0 saturated carbocycles. The van der Waals surface area contributed by atoms with Crippen LogP contribution in [0.2, 0.25) is 0 Å². The fraction of sp³-hybridized carbons (Fsp3) is 0.273. The summed E-state index contributed by atoms with van der Waals surface area (Å²) in [6, 6.07) is 5.20. The number of carboxylic acids is 1. The summed E-state index contributed by atoms with van der Waals surface area (Å²) < 4.78 is 0. The van der Waals surface area contributed by atoms with Crippen molar-refractivity contribution in [1.82, 2.24) is 10.2 Å². The molecule has 4 heteroatoms. The molecule has 15 heavy (non-hydrogen) atoms. The second-order valence-electron chi connectivity index (χ2n) is 3.80. The van der Waals surface area contributed by atoms with E-state index >= 15 is 0 Å². The molecule has 1 heterocycles. The fourth-order valence-electron chi connectivity index (χ4n) is 1.67. The number of aromatic nitrogens is 2. The number of aromatic carboxylic acids is 1. The minimum absolute atomic E-state index is 0.246. The third kappa shape index (κ3) is 1.48. The van der Waals surface area contributed by atoms with Crippen LogP contribution in [0.15, 0.2) is 18.2 Å². The molecule has 1 aromatic heterocycles. The van der Waals surface area contributed by atoms with E-state index in [4.69, 9.17) is 5.11 Å². The van der Waals surface area contributed by atoms with Crippen molar-refractivity contribution in [3.05, 3.63) is 29.5 Å². The van der Waals surface area contributed by atoms with Crippen molar-refractivity contribution in [1.29, 1.82) is 0 Å². The number of H-pyrrole nitrogens is 1. The van der Waals surface area contributed by atoms with Gasteiger partial charge in [-0.25, -0.2) is 4.79 Å². The average Bonchev–Trinajstić information content (AvgIpc) is 2.59. The molecule has 2 N–H and O–H groups in total. The van der Waals surface area contributed by atoms with Gasteiger partial charge < -0.3 is 5.11 Å². The maximum Gasteiger partial charge on any atom is 0.337 e. The van der Waals surface area contributed by atoms with Gasteiger partial charge in [0.1, 0.15) is 5.52 Å². The average molecular weight is 204 g/mol. The second-order valence-corrected chi connectivity index (χ2v) is 3.80. The Labute approximate surface area is 86.9 Å². The number of fused-ring (bicyclic) bond motifs is 1. The predicted molar refractivity (Wildman–Crippen MR) is 57.1 cm³/mol.